The van der Waals surface area contributed by atoms with Crippen molar-refractivity contribution in [2.24, 2.45) is 5.84 Å². The SMILES string of the molecule is CC(C)(C)NC(=O)OCc1cc(NN)nc(C(F)(F)F)c1. The van der Waals surface area contributed by atoms with Crippen LogP contribution >= 0.6 is 0 Å². The first-order chi connectivity index (χ1) is 9.51. The Kier molecular flexibility index (Phi) is 5.00. The molecule has 4 N–H and O–H groups in total. The molecule has 1 amide bonds. The van der Waals surface area contributed by atoms with Crippen molar-refractivity contribution in [3.63, 3.8) is 0 Å². The number of hydrogen-bond donors (Lipinski definition) is 3. The third-order valence-electron chi connectivity index (χ3n) is 2.17. The van der Waals surface area contributed by atoms with Gasteiger partial charge in [-0.25, -0.2) is 15.6 Å². The molecule has 0 bridgehead atoms. The fourth-order valence-electron chi connectivity index (χ4n) is 1.38. The number of carbonyl (C=O) groups is 1. The van der Waals surface area contributed by atoms with Crippen molar-refractivity contribution in [3.05, 3.63) is 23.4 Å². The predicted molar refractivity (Wildman–Crippen MR) is 70.1 cm³/mol. The summed E-state index contributed by atoms with van der Waals surface area (Å²) >= 11 is 0. The number of hydrazine groups is 1. The van der Waals surface area contributed by atoms with E-state index in [0.717, 1.165) is 6.07 Å². The molecule has 0 spiro atoms. The number of pyridine rings is 1. The van der Waals surface area contributed by atoms with Gasteiger partial charge in [0.15, 0.2) is 0 Å². The fourth-order valence-corrected chi connectivity index (χ4v) is 1.38. The first-order valence-corrected chi connectivity index (χ1v) is 6.01. The molecule has 0 aromatic carbocycles. The largest absolute Gasteiger partial charge is 0.445 e. The first kappa shape index (κ1) is 17.0. The Morgan fingerprint density at radius 2 is 1.95 bits per heavy atom. The van der Waals surface area contributed by atoms with Gasteiger partial charge >= 0.3 is 12.3 Å². The summed E-state index contributed by atoms with van der Waals surface area (Å²) < 4.78 is 42.8. The Labute approximate surface area is 119 Å². The lowest BCUT2D eigenvalue weighted by Gasteiger charge is -2.20. The van der Waals surface area contributed by atoms with Crippen molar-refractivity contribution in [1.82, 2.24) is 10.3 Å². The Morgan fingerprint density at radius 1 is 1.33 bits per heavy atom. The lowest BCUT2D eigenvalue weighted by atomic mass is 10.1. The van der Waals surface area contributed by atoms with Gasteiger partial charge in [0.2, 0.25) is 0 Å². The van der Waals surface area contributed by atoms with Crippen LogP contribution in [0.15, 0.2) is 12.1 Å². The van der Waals surface area contributed by atoms with Gasteiger partial charge in [0.05, 0.1) is 0 Å². The van der Waals surface area contributed by atoms with Gasteiger partial charge in [-0.1, -0.05) is 0 Å². The van der Waals surface area contributed by atoms with Crippen LogP contribution in [0.25, 0.3) is 0 Å². The lowest BCUT2D eigenvalue weighted by Crippen LogP contribution is -2.40. The van der Waals surface area contributed by atoms with E-state index in [2.05, 4.69) is 10.3 Å². The molecule has 1 rings (SSSR count). The number of nitrogens with two attached hydrogens (primary N) is 1. The molecule has 0 radical (unpaired) electrons. The van der Waals surface area contributed by atoms with E-state index in [0.29, 0.717) is 0 Å². The molecule has 21 heavy (non-hydrogen) atoms. The highest BCUT2D eigenvalue weighted by molar-refractivity contribution is 5.68. The van der Waals surface area contributed by atoms with Crippen molar-refractivity contribution >= 4 is 11.9 Å². The summed E-state index contributed by atoms with van der Waals surface area (Å²) in [6.45, 7) is 4.92. The summed E-state index contributed by atoms with van der Waals surface area (Å²) in [5.41, 5.74) is 0.537. The topological polar surface area (TPSA) is 89.3 Å². The first-order valence-electron chi connectivity index (χ1n) is 6.01. The monoisotopic (exact) mass is 306 g/mol. The number of carbonyl (C=O) groups excluding carboxylic acids is 1. The smallest absolute Gasteiger partial charge is 0.433 e. The summed E-state index contributed by atoms with van der Waals surface area (Å²) in [5.74, 6) is 4.90. The van der Waals surface area contributed by atoms with E-state index >= 15 is 0 Å². The van der Waals surface area contributed by atoms with Crippen LogP contribution in [-0.4, -0.2) is 16.6 Å². The van der Waals surface area contributed by atoms with E-state index in [9.17, 15) is 18.0 Å². The molecule has 118 valence electrons. The van der Waals surface area contributed by atoms with Gasteiger partial charge < -0.3 is 15.5 Å². The van der Waals surface area contributed by atoms with Crippen molar-refractivity contribution in [1.29, 1.82) is 0 Å². The minimum absolute atomic E-state index is 0.120. The van der Waals surface area contributed by atoms with Gasteiger partial charge in [0.1, 0.15) is 18.1 Å². The molecule has 0 aliphatic heterocycles. The van der Waals surface area contributed by atoms with Crippen molar-refractivity contribution in [2.45, 2.75) is 39.1 Å². The van der Waals surface area contributed by atoms with E-state index in [1.54, 1.807) is 20.8 Å². The Morgan fingerprint density at radius 3 is 2.43 bits per heavy atom. The van der Waals surface area contributed by atoms with E-state index in [1.165, 1.54) is 6.07 Å². The summed E-state index contributed by atoms with van der Waals surface area (Å²) in [6.07, 6.45) is -5.34. The average molecular weight is 306 g/mol. The van der Waals surface area contributed by atoms with Crippen LogP contribution in [0.3, 0.4) is 0 Å². The summed E-state index contributed by atoms with van der Waals surface area (Å²) in [7, 11) is 0. The van der Waals surface area contributed by atoms with Gasteiger partial charge in [-0.05, 0) is 38.5 Å². The Bertz CT molecular complexity index is 512. The van der Waals surface area contributed by atoms with Crippen LogP contribution in [0.1, 0.15) is 32.0 Å². The summed E-state index contributed by atoms with van der Waals surface area (Å²) in [6, 6.07) is 2.06. The minimum atomic E-state index is -4.62. The number of nitrogens with one attached hydrogen (secondary N) is 2. The molecular formula is C12H17F3N4O2. The normalized spacial score (nSPS) is 12.0. The zero-order chi connectivity index (χ0) is 16.3. The zero-order valence-electron chi connectivity index (χ0n) is 11.8. The number of aromatic nitrogens is 1. The highest BCUT2D eigenvalue weighted by atomic mass is 19.4. The maximum Gasteiger partial charge on any atom is 0.433 e. The third kappa shape index (κ3) is 5.86. The molecular weight excluding hydrogens is 289 g/mol. The van der Waals surface area contributed by atoms with Crippen LogP contribution in [0.5, 0.6) is 0 Å². The molecule has 6 nitrogen and oxygen atoms in total. The maximum absolute atomic E-state index is 12.7. The second-order valence-electron chi connectivity index (χ2n) is 5.34. The Balaban J connectivity index is 2.82. The second kappa shape index (κ2) is 6.17. The fraction of sp³-hybridized carbons (Fsp3) is 0.500. The zero-order valence-corrected chi connectivity index (χ0v) is 11.8. The van der Waals surface area contributed by atoms with Crippen molar-refractivity contribution in [3.8, 4) is 0 Å². The van der Waals surface area contributed by atoms with Gasteiger partial charge in [0, 0.05) is 5.54 Å². The number of nitrogen functional groups attached to an aromatic ring is 1. The van der Waals surface area contributed by atoms with Gasteiger partial charge in [-0.2, -0.15) is 13.2 Å². The number of amides is 1. The number of alkyl halides is 3. The predicted octanol–water partition coefficient (Wildman–Crippen LogP) is 2.41. The molecule has 0 aliphatic carbocycles. The molecule has 0 aliphatic rings. The van der Waals surface area contributed by atoms with Crippen LogP contribution in [-0.2, 0) is 17.5 Å². The highest BCUT2D eigenvalue weighted by Crippen LogP contribution is 2.29. The molecule has 1 aromatic heterocycles. The molecule has 0 atom stereocenters. The number of anilines is 1. The standard InChI is InChI=1S/C12H17F3N4O2/c1-11(2,3)18-10(20)21-6-7-4-8(12(13,14)15)17-9(5-7)19-16/h4-5H,6,16H2,1-3H3,(H,17,19)(H,18,20). The van der Waals surface area contributed by atoms with Crippen LogP contribution in [0.4, 0.5) is 23.8 Å². The number of ether oxygens (including phenoxy) is 1. The Hall–Kier alpha value is -2.03. The molecule has 0 fully saturated rings. The third-order valence-corrected chi connectivity index (χ3v) is 2.17. The number of nitrogens with zero attached hydrogens (tertiary/aromatic N) is 1. The van der Waals surface area contributed by atoms with E-state index in [1.807, 2.05) is 5.43 Å². The molecule has 1 aromatic rings. The van der Waals surface area contributed by atoms with E-state index in [-0.39, 0.29) is 18.0 Å². The van der Waals surface area contributed by atoms with Crippen molar-refractivity contribution in [2.75, 3.05) is 5.43 Å². The number of halogens is 3. The molecule has 0 unspecified atom stereocenters. The van der Waals surface area contributed by atoms with Gasteiger partial charge in [-0.3, -0.25) is 0 Å². The van der Waals surface area contributed by atoms with Gasteiger partial charge in [0.25, 0.3) is 0 Å². The number of hydrogen-bond acceptors (Lipinski definition) is 5. The molecule has 0 saturated carbocycles. The average Bonchev–Trinajstić information content (AvgIpc) is 2.33. The molecule has 9 heteroatoms. The molecule has 1 heterocycles. The highest BCUT2D eigenvalue weighted by Gasteiger charge is 2.33. The lowest BCUT2D eigenvalue weighted by molar-refractivity contribution is -0.141. The number of rotatable bonds is 3. The summed E-state index contributed by atoms with van der Waals surface area (Å²) in [5, 5.41) is 2.52. The van der Waals surface area contributed by atoms with E-state index < -0.39 is 23.5 Å². The van der Waals surface area contributed by atoms with Gasteiger partial charge in [-0.15, -0.1) is 0 Å². The maximum atomic E-state index is 12.7. The quantitative estimate of drug-likeness (QED) is 0.589. The van der Waals surface area contributed by atoms with Crippen molar-refractivity contribution < 1.29 is 22.7 Å². The van der Waals surface area contributed by atoms with Crippen LogP contribution in [0, 0.1) is 0 Å². The minimum Gasteiger partial charge on any atom is -0.445 e. The van der Waals surface area contributed by atoms with E-state index in [4.69, 9.17) is 10.6 Å². The number of alkyl carbamates (subject to hydrolysis) is 1. The summed E-state index contributed by atoms with van der Waals surface area (Å²) in [4.78, 5) is 14.7. The molecule has 0 saturated heterocycles. The second-order valence-corrected chi connectivity index (χ2v) is 5.34. The van der Waals surface area contributed by atoms with Crippen LogP contribution < -0.4 is 16.6 Å². The van der Waals surface area contributed by atoms with Crippen LogP contribution in [0.2, 0.25) is 0 Å².